The first-order valence-electron chi connectivity index (χ1n) is 13.2. The van der Waals surface area contributed by atoms with Gasteiger partial charge in [0.2, 0.25) is 5.91 Å². The van der Waals surface area contributed by atoms with E-state index in [1.54, 1.807) is 31.2 Å². The molecule has 10 nitrogen and oxygen atoms in total. The Balaban J connectivity index is 1.42. The minimum absolute atomic E-state index is 0.0833. The molecule has 1 fully saturated rings. The fourth-order valence-corrected chi connectivity index (χ4v) is 5.93. The molecule has 202 valence electrons. The molecule has 0 aliphatic carbocycles. The summed E-state index contributed by atoms with van der Waals surface area (Å²) in [6.45, 7) is 10.0. The molecule has 3 aromatic rings. The van der Waals surface area contributed by atoms with Gasteiger partial charge in [0.15, 0.2) is 5.78 Å². The molecule has 0 radical (unpaired) electrons. The first kappa shape index (κ1) is 25.0. The minimum atomic E-state index is -0.699. The van der Waals surface area contributed by atoms with Crippen molar-refractivity contribution < 1.29 is 14.3 Å². The van der Waals surface area contributed by atoms with Gasteiger partial charge in [-0.05, 0) is 56.7 Å². The van der Waals surface area contributed by atoms with E-state index >= 15 is 0 Å². The summed E-state index contributed by atoms with van der Waals surface area (Å²) in [6.07, 6.45) is 1.98. The van der Waals surface area contributed by atoms with Gasteiger partial charge < -0.3 is 14.5 Å². The third-order valence-electron chi connectivity index (χ3n) is 8.06. The minimum Gasteiger partial charge on any atom is -0.483 e. The van der Waals surface area contributed by atoms with Crippen LogP contribution in [0.25, 0.3) is 5.69 Å². The Hall–Kier alpha value is -4.34. The van der Waals surface area contributed by atoms with Crippen molar-refractivity contribution in [2.45, 2.75) is 45.9 Å². The van der Waals surface area contributed by atoms with Gasteiger partial charge in [0.25, 0.3) is 0 Å². The van der Waals surface area contributed by atoms with Crippen molar-refractivity contribution in [2.24, 2.45) is 0 Å². The van der Waals surface area contributed by atoms with Crippen molar-refractivity contribution in [3.63, 3.8) is 0 Å². The molecule has 3 aliphatic heterocycles. The second-order valence-corrected chi connectivity index (χ2v) is 10.8. The van der Waals surface area contributed by atoms with Crippen molar-refractivity contribution in [3.8, 4) is 11.4 Å². The average Bonchev–Trinajstić information content (AvgIpc) is 3.17. The molecule has 1 atom stereocenters. The molecule has 1 aromatic heterocycles. The number of benzene rings is 2. The lowest BCUT2D eigenvalue weighted by Crippen LogP contribution is -2.48. The lowest BCUT2D eigenvalue weighted by Gasteiger charge is -2.43. The smallest absolute Gasteiger partial charge is 0.352 e. The molecule has 3 aliphatic rings. The molecule has 0 saturated carbocycles. The number of hydrogen-bond donors (Lipinski definition) is 0. The number of ether oxygens (including phenoxy) is 1. The van der Waals surface area contributed by atoms with Crippen LogP contribution in [0.1, 0.15) is 49.7 Å². The zero-order valence-electron chi connectivity index (χ0n) is 22.5. The number of rotatable bonds is 3. The van der Waals surface area contributed by atoms with E-state index in [1.165, 1.54) is 16.3 Å². The maximum absolute atomic E-state index is 13.9. The molecule has 1 saturated heterocycles. The fourth-order valence-electron chi connectivity index (χ4n) is 5.93. The van der Waals surface area contributed by atoms with Crippen molar-refractivity contribution >= 4 is 17.4 Å². The molecule has 2 aromatic carbocycles. The Kier molecular flexibility index (Phi) is 5.67. The number of ketones is 1. The van der Waals surface area contributed by atoms with E-state index in [9.17, 15) is 19.2 Å². The quantitative estimate of drug-likeness (QED) is 0.382. The first-order chi connectivity index (χ1) is 18.6. The van der Waals surface area contributed by atoms with E-state index in [-0.39, 0.29) is 18.2 Å². The first-order valence-corrected chi connectivity index (χ1v) is 13.2. The van der Waals surface area contributed by atoms with E-state index in [1.807, 2.05) is 43.0 Å². The number of allylic oxidation sites excluding steroid dienone is 1. The van der Waals surface area contributed by atoms with E-state index in [0.29, 0.717) is 30.1 Å². The molecule has 39 heavy (non-hydrogen) atoms. The van der Waals surface area contributed by atoms with Gasteiger partial charge in [-0.15, -0.1) is 0 Å². The van der Waals surface area contributed by atoms with Crippen LogP contribution in [-0.2, 0) is 11.3 Å². The number of piperazine rings is 1. The normalized spacial score (nSPS) is 19.4. The Morgan fingerprint density at radius 1 is 0.897 bits per heavy atom. The molecule has 0 spiro atoms. The highest BCUT2D eigenvalue weighted by Crippen LogP contribution is 2.47. The number of anilines is 1. The molecule has 0 bridgehead atoms. The van der Waals surface area contributed by atoms with Crippen LogP contribution in [0.3, 0.4) is 0 Å². The van der Waals surface area contributed by atoms with Crippen molar-refractivity contribution in [1.29, 1.82) is 0 Å². The number of hydrogen-bond acceptors (Lipinski definition) is 6. The van der Waals surface area contributed by atoms with Crippen LogP contribution in [0.2, 0.25) is 0 Å². The highest BCUT2D eigenvalue weighted by molar-refractivity contribution is 5.94. The summed E-state index contributed by atoms with van der Waals surface area (Å²) in [7, 11) is 0. The van der Waals surface area contributed by atoms with Crippen LogP contribution in [0.4, 0.5) is 5.69 Å². The van der Waals surface area contributed by atoms with Crippen LogP contribution in [-0.4, -0.2) is 62.3 Å². The SMILES string of the molecule is CC(=O)c1ccc(-n2c(=O)n3n(c2=O)C2C(=CC3)C(C)(C)Oc3cc(N4CCN(C(C)=O)CC4)ccc32)cc1. The third kappa shape index (κ3) is 3.93. The van der Waals surface area contributed by atoms with Crippen LogP contribution in [0.5, 0.6) is 5.75 Å². The number of fused-ring (bicyclic) bond motifs is 5. The van der Waals surface area contributed by atoms with Gasteiger partial charge in [0, 0.05) is 56.0 Å². The van der Waals surface area contributed by atoms with Gasteiger partial charge >= 0.3 is 11.4 Å². The predicted molar refractivity (Wildman–Crippen MR) is 146 cm³/mol. The second-order valence-electron chi connectivity index (χ2n) is 10.8. The number of Topliss-reactive ketones (excluding diaryl/α,β-unsaturated/α-hetero) is 1. The summed E-state index contributed by atoms with van der Waals surface area (Å²) in [5.74, 6) is 0.664. The van der Waals surface area contributed by atoms with E-state index in [0.717, 1.165) is 34.5 Å². The molecule has 6 rings (SSSR count). The molecular weight excluding hydrogens is 498 g/mol. The molecule has 0 N–H and O–H groups in total. The summed E-state index contributed by atoms with van der Waals surface area (Å²) in [5, 5.41) is 0. The maximum Gasteiger partial charge on any atom is 0.352 e. The van der Waals surface area contributed by atoms with E-state index in [2.05, 4.69) is 4.90 Å². The van der Waals surface area contributed by atoms with Crippen molar-refractivity contribution in [2.75, 3.05) is 31.1 Å². The average molecular weight is 530 g/mol. The van der Waals surface area contributed by atoms with Gasteiger partial charge in [0.05, 0.1) is 12.2 Å². The highest BCUT2D eigenvalue weighted by atomic mass is 16.5. The van der Waals surface area contributed by atoms with Gasteiger partial charge in [-0.2, -0.15) is 0 Å². The summed E-state index contributed by atoms with van der Waals surface area (Å²) in [4.78, 5) is 54.9. The van der Waals surface area contributed by atoms with Gasteiger partial charge in [0.1, 0.15) is 17.4 Å². The van der Waals surface area contributed by atoms with Gasteiger partial charge in [-0.3, -0.25) is 9.59 Å². The second kappa shape index (κ2) is 8.86. The van der Waals surface area contributed by atoms with E-state index in [4.69, 9.17) is 4.74 Å². The Morgan fingerprint density at radius 2 is 1.56 bits per heavy atom. The van der Waals surface area contributed by atoms with Crippen LogP contribution >= 0.6 is 0 Å². The highest BCUT2D eigenvalue weighted by Gasteiger charge is 2.44. The van der Waals surface area contributed by atoms with Crippen LogP contribution in [0, 0.1) is 0 Å². The molecule has 1 unspecified atom stereocenters. The summed E-state index contributed by atoms with van der Waals surface area (Å²) in [6, 6.07) is 12.0. The monoisotopic (exact) mass is 529 g/mol. The number of aromatic nitrogens is 3. The topological polar surface area (TPSA) is 98.8 Å². The third-order valence-corrected chi connectivity index (χ3v) is 8.06. The summed E-state index contributed by atoms with van der Waals surface area (Å²) in [5.41, 5.74) is 2.07. The Bertz CT molecular complexity index is 1650. The standard InChI is InChI=1S/C29H31N5O5/c1-18(35)20-5-7-21(8-6-20)33-27(37)32-12-11-24-26(34(32)28(33)38)23-10-9-22(17-25(23)39-29(24,3)4)31-15-13-30(14-16-31)19(2)36/h5-11,17,26H,12-16H2,1-4H3. The molecule has 4 heterocycles. The molecule has 10 heteroatoms. The lowest BCUT2D eigenvalue weighted by atomic mass is 9.83. The lowest BCUT2D eigenvalue weighted by molar-refractivity contribution is -0.129. The van der Waals surface area contributed by atoms with Crippen LogP contribution in [0.15, 0.2) is 63.7 Å². The zero-order chi connectivity index (χ0) is 27.6. The number of carbonyl (C=O) groups excluding carboxylic acids is 2. The van der Waals surface area contributed by atoms with E-state index < -0.39 is 23.0 Å². The van der Waals surface area contributed by atoms with Crippen molar-refractivity contribution in [3.05, 3.63) is 86.2 Å². The van der Waals surface area contributed by atoms with Crippen LogP contribution < -0.4 is 21.0 Å². The Morgan fingerprint density at radius 3 is 2.21 bits per heavy atom. The largest absolute Gasteiger partial charge is 0.483 e. The van der Waals surface area contributed by atoms with Gasteiger partial charge in [-0.1, -0.05) is 12.1 Å². The predicted octanol–water partition coefficient (Wildman–Crippen LogP) is 2.37. The number of amides is 1. The number of carbonyl (C=O) groups is 2. The Labute approximate surface area is 225 Å². The maximum atomic E-state index is 13.9. The molecule has 1 amide bonds. The van der Waals surface area contributed by atoms with Crippen molar-refractivity contribution in [1.82, 2.24) is 18.8 Å². The zero-order valence-corrected chi connectivity index (χ0v) is 22.5. The summed E-state index contributed by atoms with van der Waals surface area (Å²) < 4.78 is 10.6. The fraction of sp³-hybridized carbons (Fsp3) is 0.379. The number of nitrogens with zero attached hydrogens (tertiary/aromatic N) is 5. The summed E-state index contributed by atoms with van der Waals surface area (Å²) >= 11 is 0. The van der Waals surface area contributed by atoms with Gasteiger partial charge in [-0.25, -0.2) is 23.5 Å². The molecular formula is C29H31N5O5.